The van der Waals surface area contributed by atoms with Crippen LogP contribution < -0.4 is 15.4 Å². The molecule has 4 heterocycles. The van der Waals surface area contributed by atoms with E-state index in [0.717, 1.165) is 23.8 Å². The lowest BCUT2D eigenvalue weighted by molar-refractivity contribution is -0.153. The first-order valence-electron chi connectivity index (χ1n) is 12.0. The summed E-state index contributed by atoms with van der Waals surface area (Å²) in [6.07, 6.45) is 0.363. The van der Waals surface area contributed by atoms with Crippen LogP contribution in [0.4, 0.5) is 19.0 Å². The number of hydrogen-bond donors (Lipinski definition) is 2. The van der Waals surface area contributed by atoms with E-state index in [9.17, 15) is 22.8 Å². The molecule has 14 heteroatoms. The topological polar surface area (TPSA) is 148 Å². The number of hydrogen-bond acceptors (Lipinski definition) is 8. The van der Waals surface area contributed by atoms with Gasteiger partial charge in [-0.15, -0.1) is 0 Å². The molecule has 1 aromatic carbocycles. The number of nitrogens with one attached hydrogen (secondary N) is 2. The molecule has 2 aliphatic rings. The van der Waals surface area contributed by atoms with Gasteiger partial charge in [-0.05, 0) is 48.2 Å². The van der Waals surface area contributed by atoms with Gasteiger partial charge in [0.2, 0.25) is 0 Å². The van der Waals surface area contributed by atoms with Gasteiger partial charge >= 0.3 is 6.18 Å². The van der Waals surface area contributed by atoms with Crippen molar-refractivity contribution in [2.24, 2.45) is 0 Å². The summed E-state index contributed by atoms with van der Waals surface area (Å²) in [5, 5.41) is 19.5. The van der Waals surface area contributed by atoms with E-state index >= 15 is 0 Å². The average Bonchev–Trinajstić information content (AvgIpc) is 3.66. The van der Waals surface area contributed by atoms with Gasteiger partial charge < -0.3 is 19.8 Å². The number of ether oxygens (including phenoxy) is 1. The number of anilines is 1. The molecule has 1 aliphatic carbocycles. The molecule has 40 heavy (non-hydrogen) atoms. The Morgan fingerprint density at radius 1 is 1.27 bits per heavy atom. The zero-order valence-corrected chi connectivity index (χ0v) is 20.5. The van der Waals surface area contributed by atoms with Crippen LogP contribution in [-0.4, -0.2) is 44.3 Å². The van der Waals surface area contributed by atoms with Crippen molar-refractivity contribution in [1.29, 1.82) is 5.26 Å². The van der Waals surface area contributed by atoms with E-state index in [2.05, 4.69) is 25.7 Å². The van der Waals surface area contributed by atoms with E-state index in [-0.39, 0.29) is 35.1 Å². The number of carbonyl (C=O) groups is 2. The third kappa shape index (κ3) is 4.41. The Morgan fingerprint density at radius 3 is 2.83 bits per heavy atom. The number of amides is 2. The maximum atomic E-state index is 13.6. The molecule has 2 N–H and O–H groups in total. The molecular formula is C26H18F3N7O4. The Balaban J connectivity index is 1.38. The first-order chi connectivity index (χ1) is 19.2. The average molecular weight is 549 g/mol. The predicted octanol–water partition coefficient (Wildman–Crippen LogP) is 3.45. The summed E-state index contributed by atoms with van der Waals surface area (Å²) in [6.45, 7) is -1.40. The highest BCUT2D eigenvalue weighted by Gasteiger charge is 2.47. The van der Waals surface area contributed by atoms with Gasteiger partial charge in [0, 0.05) is 12.6 Å². The molecule has 1 atom stereocenters. The van der Waals surface area contributed by atoms with Gasteiger partial charge in [0.15, 0.2) is 30.3 Å². The van der Waals surface area contributed by atoms with Crippen LogP contribution in [0.2, 0.25) is 0 Å². The normalized spacial score (nSPS) is 17.6. The Labute approximate surface area is 223 Å². The molecule has 0 unspecified atom stereocenters. The first-order valence-corrected chi connectivity index (χ1v) is 12.0. The summed E-state index contributed by atoms with van der Waals surface area (Å²) < 4.78 is 48.9. The van der Waals surface area contributed by atoms with Crippen molar-refractivity contribution in [2.75, 3.05) is 11.9 Å². The number of alkyl halides is 3. The Kier molecular flexibility index (Phi) is 5.79. The molecule has 3 aromatic heterocycles. The lowest BCUT2D eigenvalue weighted by atomic mass is 9.82. The smallest absolute Gasteiger partial charge is 0.422 e. The van der Waals surface area contributed by atoms with Gasteiger partial charge in [0.05, 0.1) is 16.8 Å². The molecule has 1 spiro atoms. The van der Waals surface area contributed by atoms with Crippen molar-refractivity contribution in [3.8, 4) is 17.6 Å². The molecule has 4 aromatic rings. The zero-order valence-electron chi connectivity index (χ0n) is 20.5. The van der Waals surface area contributed by atoms with Crippen LogP contribution in [0, 0.1) is 11.3 Å². The molecular weight excluding hydrogens is 531 g/mol. The quantitative estimate of drug-likeness (QED) is 0.385. The minimum atomic E-state index is -4.46. The Bertz CT molecular complexity index is 1670. The molecule has 0 saturated carbocycles. The van der Waals surface area contributed by atoms with Crippen LogP contribution in [0.1, 0.15) is 49.7 Å². The number of halogens is 3. The van der Waals surface area contributed by atoms with E-state index in [1.165, 1.54) is 29.1 Å². The van der Waals surface area contributed by atoms with Crippen molar-refractivity contribution in [3.63, 3.8) is 0 Å². The second-order valence-corrected chi connectivity index (χ2v) is 9.36. The van der Waals surface area contributed by atoms with E-state index < -0.39 is 30.1 Å². The molecule has 0 fully saturated rings. The van der Waals surface area contributed by atoms with Crippen molar-refractivity contribution in [1.82, 2.24) is 25.1 Å². The summed E-state index contributed by atoms with van der Waals surface area (Å²) in [7, 11) is 0. The second kappa shape index (κ2) is 9.23. The summed E-state index contributed by atoms with van der Waals surface area (Å²) in [5.41, 5.74) is 1.47. The van der Waals surface area contributed by atoms with Gasteiger partial charge in [0.1, 0.15) is 23.6 Å². The number of fused-ring (bicyclic) bond motifs is 3. The van der Waals surface area contributed by atoms with E-state index in [4.69, 9.17) is 14.4 Å². The highest BCUT2D eigenvalue weighted by molar-refractivity contribution is 6.09. The van der Waals surface area contributed by atoms with Gasteiger partial charge in [-0.25, -0.2) is 9.97 Å². The maximum absolute atomic E-state index is 13.6. The van der Waals surface area contributed by atoms with Crippen LogP contribution >= 0.6 is 0 Å². The fourth-order valence-corrected chi connectivity index (χ4v) is 5.09. The number of nitriles is 1. The molecule has 0 bridgehead atoms. The van der Waals surface area contributed by atoms with E-state index in [0.29, 0.717) is 24.1 Å². The summed E-state index contributed by atoms with van der Waals surface area (Å²) in [4.78, 5) is 34.6. The maximum Gasteiger partial charge on any atom is 0.422 e. The highest BCUT2D eigenvalue weighted by Crippen LogP contribution is 2.44. The first kappa shape index (κ1) is 25.1. The van der Waals surface area contributed by atoms with Crippen molar-refractivity contribution in [2.45, 2.75) is 31.0 Å². The van der Waals surface area contributed by atoms with E-state index in [1.807, 2.05) is 6.07 Å². The monoisotopic (exact) mass is 549 g/mol. The molecule has 0 radical (unpaired) electrons. The lowest BCUT2D eigenvalue weighted by Gasteiger charge is -2.35. The highest BCUT2D eigenvalue weighted by atomic mass is 19.4. The molecule has 2 amide bonds. The molecule has 1 aliphatic heterocycles. The van der Waals surface area contributed by atoms with Crippen LogP contribution in [0.5, 0.6) is 5.75 Å². The van der Waals surface area contributed by atoms with Gasteiger partial charge in [0.25, 0.3) is 11.8 Å². The third-order valence-electron chi connectivity index (χ3n) is 6.81. The molecule has 11 nitrogen and oxygen atoms in total. The fraction of sp³-hybridized carbons (Fsp3) is 0.231. The molecule has 6 rings (SSSR count). The summed E-state index contributed by atoms with van der Waals surface area (Å²) in [6, 6.07) is 9.70. The largest absolute Gasteiger partial charge is 0.484 e. The fourth-order valence-electron chi connectivity index (χ4n) is 5.09. The number of pyridine rings is 1. The number of oxazole rings is 1. The SMILES string of the molecule is N#Cc1ccc(-n2nc3c(c2NC(=O)c2cocn2)C(=O)N[C@@]2(CCc4cc(OCC(F)(F)F)ccc42)C3)nc1. The predicted molar refractivity (Wildman–Crippen MR) is 130 cm³/mol. The zero-order chi connectivity index (χ0) is 28.1. The standard InChI is InChI=1S/C26H18F3N7O4/c27-26(28,29)12-40-16-2-3-17-15(7-16)5-6-25(17)8-18-21(24(38)34-25)22(33-23(37)19-11-39-13-32-19)36(35-18)20-4-1-14(9-30)10-31-20/h1-4,7,10-11,13H,5-6,8,12H2,(H,33,37)(H,34,38)/t25-/m0/s1. The second-order valence-electron chi connectivity index (χ2n) is 9.36. The van der Waals surface area contributed by atoms with Gasteiger partial charge in [-0.1, -0.05) is 6.07 Å². The molecule has 0 saturated heterocycles. The van der Waals surface area contributed by atoms with Crippen LogP contribution in [0.15, 0.2) is 53.6 Å². The molecule has 202 valence electrons. The number of nitrogens with zero attached hydrogens (tertiary/aromatic N) is 5. The van der Waals surface area contributed by atoms with Crippen molar-refractivity contribution in [3.05, 3.63) is 82.8 Å². The minimum absolute atomic E-state index is 0.0183. The van der Waals surface area contributed by atoms with Gasteiger partial charge in [-0.3, -0.25) is 9.59 Å². The number of carbonyl (C=O) groups excluding carboxylic acids is 2. The van der Waals surface area contributed by atoms with Gasteiger partial charge in [-0.2, -0.15) is 28.2 Å². The summed E-state index contributed by atoms with van der Waals surface area (Å²) in [5.74, 6) is -0.741. The number of rotatable bonds is 5. The Morgan fingerprint density at radius 2 is 2.12 bits per heavy atom. The minimum Gasteiger partial charge on any atom is -0.484 e. The number of aryl methyl sites for hydroxylation is 1. The number of benzene rings is 1. The summed E-state index contributed by atoms with van der Waals surface area (Å²) >= 11 is 0. The third-order valence-corrected chi connectivity index (χ3v) is 6.81. The number of aromatic nitrogens is 4. The van der Waals surface area contributed by atoms with Crippen LogP contribution in [0.3, 0.4) is 0 Å². The van der Waals surface area contributed by atoms with Crippen LogP contribution in [0.25, 0.3) is 5.82 Å². The van der Waals surface area contributed by atoms with E-state index in [1.54, 1.807) is 12.1 Å². The Hall–Kier alpha value is -5.19. The van der Waals surface area contributed by atoms with Crippen molar-refractivity contribution < 1.29 is 31.9 Å². The van der Waals surface area contributed by atoms with Crippen molar-refractivity contribution >= 4 is 17.6 Å². The van der Waals surface area contributed by atoms with Crippen LogP contribution in [-0.2, 0) is 18.4 Å². The lowest BCUT2D eigenvalue weighted by Crippen LogP contribution is -2.49.